The number of rotatable bonds is 2. The van der Waals surface area contributed by atoms with E-state index in [1.165, 1.54) is 42.6 Å². The van der Waals surface area contributed by atoms with Gasteiger partial charge in [-0.2, -0.15) is 0 Å². The Hall–Kier alpha value is -3.42. The zero-order valence-corrected chi connectivity index (χ0v) is 17.0. The van der Waals surface area contributed by atoms with E-state index in [9.17, 15) is 0 Å². The van der Waals surface area contributed by atoms with E-state index in [-0.39, 0.29) is 0 Å². The molecule has 1 aliphatic heterocycles. The minimum Gasteiger partial charge on any atom is -0.0623 e. The fourth-order valence-electron chi connectivity index (χ4n) is 5.23. The van der Waals surface area contributed by atoms with Crippen molar-refractivity contribution in [2.45, 2.75) is 0 Å². The van der Waals surface area contributed by atoms with E-state index in [0.29, 0.717) is 0 Å². The van der Waals surface area contributed by atoms with Crippen molar-refractivity contribution in [3.8, 4) is 11.1 Å². The van der Waals surface area contributed by atoms with Crippen LogP contribution in [-0.2, 0) is 0 Å². The lowest BCUT2D eigenvalue weighted by atomic mass is 9.97. The van der Waals surface area contributed by atoms with Crippen molar-refractivity contribution in [3.63, 3.8) is 0 Å². The smallest absolute Gasteiger partial charge is 0.0623 e. The predicted molar refractivity (Wildman–Crippen MR) is 127 cm³/mol. The lowest BCUT2D eigenvalue weighted by Crippen LogP contribution is -2.76. The van der Waals surface area contributed by atoms with Gasteiger partial charge in [0.1, 0.15) is 0 Å². The van der Waals surface area contributed by atoms with Crippen LogP contribution in [0.25, 0.3) is 21.9 Å². The molecule has 0 aliphatic carbocycles. The van der Waals surface area contributed by atoms with Crippen molar-refractivity contribution in [2.24, 2.45) is 0 Å². The largest absolute Gasteiger partial charge is 0.180 e. The molecule has 5 aromatic rings. The average molecular weight is 385 g/mol. The number of hydrogen-bond donors (Lipinski definition) is 0. The Bertz CT molecular complexity index is 1290. The molecule has 29 heavy (non-hydrogen) atoms. The zero-order valence-electron chi connectivity index (χ0n) is 16.0. The molecule has 6 rings (SSSR count). The van der Waals surface area contributed by atoms with Crippen molar-refractivity contribution in [1.82, 2.24) is 0 Å². The maximum absolute atomic E-state index is 2.41. The molecule has 0 nitrogen and oxygen atoms in total. The van der Waals surface area contributed by atoms with Crippen LogP contribution in [0.4, 0.5) is 0 Å². The van der Waals surface area contributed by atoms with Crippen molar-refractivity contribution in [1.29, 1.82) is 0 Å². The highest BCUT2D eigenvalue weighted by molar-refractivity contribution is 7.21. The van der Waals surface area contributed by atoms with Gasteiger partial charge in [0.2, 0.25) is 0 Å². The van der Waals surface area contributed by atoms with Crippen molar-refractivity contribution >= 4 is 39.6 Å². The van der Waals surface area contributed by atoms with Gasteiger partial charge in [0.25, 0.3) is 0 Å². The molecule has 0 bridgehead atoms. The lowest BCUT2D eigenvalue weighted by Gasteiger charge is -2.40. The molecule has 0 aromatic heterocycles. The van der Waals surface area contributed by atoms with E-state index in [0.717, 1.165) is 0 Å². The van der Waals surface area contributed by atoms with Gasteiger partial charge in [0.15, 0.2) is 8.07 Å². The highest BCUT2D eigenvalue weighted by Gasteiger charge is 2.46. The maximum Gasteiger partial charge on any atom is 0.180 e. The van der Waals surface area contributed by atoms with Crippen LogP contribution in [0.2, 0.25) is 0 Å². The Balaban J connectivity index is 1.90. The van der Waals surface area contributed by atoms with E-state index >= 15 is 0 Å². The second-order valence-electron chi connectivity index (χ2n) is 7.74. The predicted octanol–water partition coefficient (Wildman–Crippen LogP) is 4.20. The highest BCUT2D eigenvalue weighted by atomic mass is 28.3. The van der Waals surface area contributed by atoms with Crippen molar-refractivity contribution in [3.05, 3.63) is 121 Å². The van der Waals surface area contributed by atoms with Crippen LogP contribution >= 0.6 is 0 Å². The van der Waals surface area contributed by atoms with Gasteiger partial charge in [0.05, 0.1) is 0 Å². The first-order valence-corrected chi connectivity index (χ1v) is 12.1. The molecule has 0 N–H and O–H groups in total. The lowest BCUT2D eigenvalue weighted by molar-refractivity contribution is 1.63. The minimum absolute atomic E-state index is 1.33. The fourth-order valence-corrected chi connectivity index (χ4v) is 10.5. The Morgan fingerprint density at radius 3 is 1.59 bits per heavy atom. The van der Waals surface area contributed by atoms with Crippen molar-refractivity contribution < 1.29 is 0 Å². The first kappa shape index (κ1) is 16.5. The van der Waals surface area contributed by atoms with Gasteiger partial charge in [-0.3, -0.25) is 0 Å². The molecule has 1 heterocycles. The fraction of sp³-hybridized carbons (Fsp3) is 0. The van der Waals surface area contributed by atoms with E-state index < -0.39 is 8.07 Å². The van der Waals surface area contributed by atoms with Gasteiger partial charge < -0.3 is 0 Å². The molecule has 0 saturated carbocycles. The minimum atomic E-state index is -2.41. The third-order valence-corrected chi connectivity index (χ3v) is 11.2. The average Bonchev–Trinajstić information content (AvgIpc) is 2.81. The Kier molecular flexibility index (Phi) is 3.59. The van der Waals surface area contributed by atoms with E-state index in [1.807, 2.05) is 0 Å². The summed E-state index contributed by atoms with van der Waals surface area (Å²) < 4.78 is 0. The first-order valence-electron chi connectivity index (χ1n) is 10.1. The highest BCUT2D eigenvalue weighted by Crippen LogP contribution is 2.33. The monoisotopic (exact) mass is 384 g/mol. The van der Waals surface area contributed by atoms with Crippen LogP contribution in [-0.4, -0.2) is 8.07 Å². The SMILES string of the molecule is c1ccc([Si]2(c3ccccc3)c3ccccc3-c3cccc4cccc2c34)cc1. The third kappa shape index (κ3) is 2.19. The molecule has 5 aromatic carbocycles. The molecular weight excluding hydrogens is 364 g/mol. The van der Waals surface area contributed by atoms with Crippen LogP contribution < -0.4 is 20.7 Å². The summed E-state index contributed by atoms with van der Waals surface area (Å²) in [5.41, 5.74) is 2.75. The molecular formula is C28H20Si. The summed E-state index contributed by atoms with van der Waals surface area (Å²) in [7, 11) is -2.41. The Labute approximate surface area is 172 Å². The molecule has 0 saturated heterocycles. The molecule has 0 amide bonds. The van der Waals surface area contributed by atoms with E-state index in [2.05, 4.69) is 121 Å². The molecule has 0 spiro atoms. The number of fused-ring (bicyclic) bond motifs is 2. The third-order valence-electron chi connectivity index (χ3n) is 6.34. The summed E-state index contributed by atoms with van der Waals surface area (Å²) >= 11 is 0. The molecule has 0 radical (unpaired) electrons. The molecule has 0 fully saturated rings. The molecule has 0 atom stereocenters. The summed E-state index contributed by atoms with van der Waals surface area (Å²) in [5, 5.41) is 8.64. The van der Waals surface area contributed by atoms with Gasteiger partial charge in [-0.15, -0.1) is 0 Å². The van der Waals surface area contributed by atoms with Crippen molar-refractivity contribution in [2.75, 3.05) is 0 Å². The van der Waals surface area contributed by atoms with Crippen LogP contribution in [0.1, 0.15) is 0 Å². The molecule has 136 valence electrons. The van der Waals surface area contributed by atoms with E-state index in [1.54, 1.807) is 0 Å². The second-order valence-corrected chi connectivity index (χ2v) is 11.5. The second kappa shape index (κ2) is 6.30. The van der Waals surface area contributed by atoms with Gasteiger partial charge in [-0.25, -0.2) is 0 Å². The Morgan fingerprint density at radius 2 is 0.897 bits per heavy atom. The topological polar surface area (TPSA) is 0 Å². The summed E-state index contributed by atoms with van der Waals surface area (Å²) in [6, 6.07) is 45.0. The quantitative estimate of drug-likeness (QED) is 0.393. The first-order chi connectivity index (χ1) is 14.4. The standard InChI is InChI=1S/C28H20Si/c1-3-13-22(14-4-1)29(23-15-5-2-6-16-23)26-19-8-7-17-24(26)25-18-9-11-21-12-10-20-27(29)28(21)25/h1-20H. The normalized spacial score (nSPS) is 13.8. The molecule has 1 aliphatic rings. The van der Waals surface area contributed by atoms with Crippen LogP contribution in [0, 0.1) is 0 Å². The Morgan fingerprint density at radius 1 is 0.379 bits per heavy atom. The van der Waals surface area contributed by atoms with Crippen LogP contribution in [0.3, 0.4) is 0 Å². The van der Waals surface area contributed by atoms with Gasteiger partial charge in [-0.05, 0) is 42.6 Å². The number of hydrogen-bond acceptors (Lipinski definition) is 0. The summed E-state index contributed by atoms with van der Waals surface area (Å²) in [5.74, 6) is 0. The number of benzene rings is 5. The maximum atomic E-state index is 2.38. The summed E-state index contributed by atoms with van der Waals surface area (Å²) in [6.07, 6.45) is 0. The van der Waals surface area contributed by atoms with Gasteiger partial charge in [0, 0.05) is 0 Å². The van der Waals surface area contributed by atoms with Gasteiger partial charge in [-0.1, -0.05) is 121 Å². The molecule has 0 unspecified atom stereocenters. The molecule has 1 heteroatoms. The van der Waals surface area contributed by atoms with Crippen LogP contribution in [0.15, 0.2) is 121 Å². The summed E-state index contributed by atoms with van der Waals surface area (Å²) in [6.45, 7) is 0. The van der Waals surface area contributed by atoms with E-state index in [4.69, 9.17) is 0 Å². The van der Waals surface area contributed by atoms with Crippen LogP contribution in [0.5, 0.6) is 0 Å². The summed E-state index contributed by atoms with van der Waals surface area (Å²) in [4.78, 5) is 0. The van der Waals surface area contributed by atoms with Gasteiger partial charge >= 0.3 is 0 Å². The zero-order chi connectivity index (χ0) is 19.3.